The van der Waals surface area contributed by atoms with E-state index in [1.54, 1.807) is 14.2 Å². The van der Waals surface area contributed by atoms with Crippen LogP contribution in [0.4, 0.5) is 5.95 Å². The van der Waals surface area contributed by atoms with Crippen LogP contribution in [-0.4, -0.2) is 66.2 Å². The second-order valence-corrected chi connectivity index (χ2v) is 7.24. The van der Waals surface area contributed by atoms with Crippen molar-refractivity contribution < 1.29 is 14.6 Å². The molecule has 1 atom stereocenters. The van der Waals surface area contributed by atoms with Crippen LogP contribution in [0.3, 0.4) is 0 Å². The maximum atomic E-state index is 9.35. The van der Waals surface area contributed by atoms with E-state index in [1.807, 2.05) is 41.3 Å². The number of guanidine groups is 1. The van der Waals surface area contributed by atoms with Gasteiger partial charge in [0, 0.05) is 18.2 Å². The molecular weight excluding hydrogens is 384 g/mol. The van der Waals surface area contributed by atoms with Crippen molar-refractivity contribution in [3.8, 4) is 11.5 Å². The fourth-order valence-electron chi connectivity index (χ4n) is 4.05. The lowest BCUT2D eigenvalue weighted by Gasteiger charge is -2.41. The van der Waals surface area contributed by atoms with Crippen LogP contribution in [0.15, 0.2) is 47.5 Å². The zero-order chi connectivity index (χ0) is 20.7. The molecule has 1 unspecified atom stereocenters. The Bertz CT molecular complexity index is 1110. The Morgan fingerprint density at radius 1 is 1.17 bits per heavy atom. The molecule has 0 saturated heterocycles. The number of aliphatic hydroxyl groups excluding tert-OH is 1. The van der Waals surface area contributed by atoms with Crippen LogP contribution < -0.4 is 19.7 Å². The third-order valence-corrected chi connectivity index (χ3v) is 5.51. The molecule has 2 aliphatic rings. The van der Waals surface area contributed by atoms with E-state index >= 15 is 0 Å². The minimum absolute atomic E-state index is 0.0915. The SMILES string of the molecule is COc1ccc(C2NC3=NCN(CCO)CN3c3nc4ccccc4n32)c(OC)c1. The summed E-state index contributed by atoms with van der Waals surface area (Å²) in [7, 11) is 3.30. The lowest BCUT2D eigenvalue weighted by molar-refractivity contribution is 0.195. The number of aliphatic hydroxyl groups is 1. The van der Waals surface area contributed by atoms with Crippen molar-refractivity contribution in [1.82, 2.24) is 19.8 Å². The number of aromatic nitrogens is 2. The highest BCUT2D eigenvalue weighted by Crippen LogP contribution is 2.38. The topological polar surface area (TPSA) is 87.4 Å². The summed E-state index contributed by atoms with van der Waals surface area (Å²) >= 11 is 0. The molecule has 3 aromatic rings. The number of nitrogens with zero attached hydrogens (tertiary/aromatic N) is 5. The van der Waals surface area contributed by atoms with Crippen LogP contribution in [0.5, 0.6) is 11.5 Å². The molecule has 2 aromatic carbocycles. The summed E-state index contributed by atoms with van der Waals surface area (Å²) in [5.41, 5.74) is 2.89. The van der Waals surface area contributed by atoms with Gasteiger partial charge in [-0.25, -0.2) is 9.98 Å². The summed E-state index contributed by atoms with van der Waals surface area (Å²) in [5, 5.41) is 12.9. The van der Waals surface area contributed by atoms with E-state index in [1.165, 1.54) is 0 Å². The van der Waals surface area contributed by atoms with Gasteiger partial charge in [-0.2, -0.15) is 0 Å². The van der Waals surface area contributed by atoms with Crippen molar-refractivity contribution in [2.24, 2.45) is 4.99 Å². The van der Waals surface area contributed by atoms with Gasteiger partial charge in [0.25, 0.3) is 0 Å². The largest absolute Gasteiger partial charge is 0.497 e. The van der Waals surface area contributed by atoms with Gasteiger partial charge in [0.1, 0.15) is 17.7 Å². The van der Waals surface area contributed by atoms with E-state index in [2.05, 4.69) is 20.9 Å². The lowest BCUT2D eigenvalue weighted by atomic mass is 10.1. The quantitative estimate of drug-likeness (QED) is 0.663. The first-order valence-corrected chi connectivity index (χ1v) is 9.84. The number of β-amino-alcohol motifs (C(OH)–C–C–N with tert-alkyl or cyclic N) is 1. The average molecular weight is 408 g/mol. The normalized spacial score (nSPS) is 18.4. The number of fused-ring (bicyclic) bond motifs is 5. The Kier molecular flexibility index (Phi) is 4.68. The van der Waals surface area contributed by atoms with Crippen LogP contribution in [0, 0.1) is 0 Å². The van der Waals surface area contributed by atoms with E-state index < -0.39 is 0 Å². The van der Waals surface area contributed by atoms with E-state index in [9.17, 15) is 5.11 Å². The number of imidazole rings is 1. The molecular formula is C21H24N6O3. The molecule has 30 heavy (non-hydrogen) atoms. The van der Waals surface area contributed by atoms with Gasteiger partial charge in [-0.3, -0.25) is 14.4 Å². The van der Waals surface area contributed by atoms with Crippen molar-refractivity contribution in [3.63, 3.8) is 0 Å². The number of nitrogens with one attached hydrogen (secondary N) is 1. The first kappa shape index (κ1) is 18.7. The molecule has 0 amide bonds. The summed E-state index contributed by atoms with van der Waals surface area (Å²) in [6.07, 6.45) is -0.243. The summed E-state index contributed by atoms with van der Waals surface area (Å²) in [6.45, 7) is 1.77. The summed E-state index contributed by atoms with van der Waals surface area (Å²) in [6, 6.07) is 13.9. The summed E-state index contributed by atoms with van der Waals surface area (Å²) in [5.74, 6) is 3.02. The van der Waals surface area contributed by atoms with Gasteiger partial charge in [0.15, 0.2) is 0 Å². The monoisotopic (exact) mass is 408 g/mol. The van der Waals surface area contributed by atoms with Crippen molar-refractivity contribution in [3.05, 3.63) is 48.0 Å². The Labute approximate surface area is 174 Å². The number of benzene rings is 2. The van der Waals surface area contributed by atoms with Crippen LogP contribution in [0.25, 0.3) is 11.0 Å². The van der Waals surface area contributed by atoms with Crippen LogP contribution in [-0.2, 0) is 0 Å². The molecule has 9 heteroatoms. The van der Waals surface area contributed by atoms with Crippen LogP contribution >= 0.6 is 0 Å². The van der Waals surface area contributed by atoms with Crippen molar-refractivity contribution in [1.29, 1.82) is 0 Å². The van der Waals surface area contributed by atoms with E-state index in [0.717, 1.165) is 40.0 Å². The number of ether oxygens (including phenoxy) is 2. The molecule has 0 saturated carbocycles. The molecule has 5 rings (SSSR count). The number of rotatable bonds is 5. The fraction of sp³-hybridized carbons (Fsp3) is 0.333. The second-order valence-electron chi connectivity index (χ2n) is 7.24. The van der Waals surface area contributed by atoms with Gasteiger partial charge in [-0.15, -0.1) is 0 Å². The number of anilines is 1. The highest BCUT2D eigenvalue weighted by Gasteiger charge is 2.36. The number of aliphatic imine (C=N–C) groups is 1. The van der Waals surface area contributed by atoms with Crippen molar-refractivity contribution in [2.45, 2.75) is 6.17 Å². The Morgan fingerprint density at radius 3 is 2.83 bits per heavy atom. The Hall–Kier alpha value is -3.30. The molecule has 0 fully saturated rings. The number of para-hydroxylation sites is 2. The first-order chi connectivity index (χ1) is 14.7. The smallest absolute Gasteiger partial charge is 0.216 e. The number of hydrogen-bond acceptors (Lipinski definition) is 8. The molecule has 0 bridgehead atoms. The fourth-order valence-corrected chi connectivity index (χ4v) is 4.05. The number of hydrogen-bond donors (Lipinski definition) is 2. The Morgan fingerprint density at radius 2 is 2.03 bits per heavy atom. The molecule has 2 aliphatic heterocycles. The van der Waals surface area contributed by atoms with Crippen molar-refractivity contribution >= 4 is 22.9 Å². The molecule has 2 N–H and O–H groups in total. The number of methoxy groups -OCH3 is 2. The molecule has 0 aliphatic carbocycles. The predicted octanol–water partition coefficient (Wildman–Crippen LogP) is 1.59. The maximum Gasteiger partial charge on any atom is 0.216 e. The van der Waals surface area contributed by atoms with Crippen molar-refractivity contribution in [2.75, 3.05) is 45.6 Å². The summed E-state index contributed by atoms with van der Waals surface area (Å²) in [4.78, 5) is 13.7. The highest BCUT2D eigenvalue weighted by molar-refractivity contribution is 5.99. The van der Waals surface area contributed by atoms with E-state index in [4.69, 9.17) is 19.5 Å². The minimum Gasteiger partial charge on any atom is -0.497 e. The van der Waals surface area contributed by atoms with Gasteiger partial charge in [-0.1, -0.05) is 12.1 Å². The van der Waals surface area contributed by atoms with Gasteiger partial charge in [-0.05, 0) is 24.3 Å². The van der Waals surface area contributed by atoms with Crippen LogP contribution in [0.2, 0.25) is 0 Å². The highest BCUT2D eigenvalue weighted by atomic mass is 16.5. The van der Waals surface area contributed by atoms with E-state index in [-0.39, 0.29) is 12.8 Å². The van der Waals surface area contributed by atoms with Gasteiger partial charge < -0.3 is 19.9 Å². The minimum atomic E-state index is -0.243. The zero-order valence-corrected chi connectivity index (χ0v) is 16.9. The Balaban J connectivity index is 1.68. The second kappa shape index (κ2) is 7.51. The van der Waals surface area contributed by atoms with Gasteiger partial charge >= 0.3 is 0 Å². The molecule has 0 radical (unpaired) electrons. The third kappa shape index (κ3) is 2.94. The van der Waals surface area contributed by atoms with Crippen LogP contribution in [0.1, 0.15) is 11.7 Å². The lowest BCUT2D eigenvalue weighted by Crippen LogP contribution is -2.57. The maximum absolute atomic E-state index is 9.35. The van der Waals surface area contributed by atoms with Gasteiger partial charge in [0.2, 0.25) is 11.9 Å². The average Bonchev–Trinajstić information content (AvgIpc) is 3.18. The molecule has 1 aromatic heterocycles. The van der Waals surface area contributed by atoms with E-state index in [0.29, 0.717) is 19.9 Å². The predicted molar refractivity (Wildman–Crippen MR) is 114 cm³/mol. The molecule has 156 valence electrons. The summed E-state index contributed by atoms with van der Waals surface area (Å²) < 4.78 is 13.2. The molecule has 3 heterocycles. The first-order valence-electron chi connectivity index (χ1n) is 9.84. The standard InChI is InChI=1S/C21H24N6O3/c1-29-14-7-8-15(18(11-14)30-2)19-24-20-22-12-25(9-10-28)13-26(20)21-23-16-5-3-4-6-17(16)27(19)21/h3-8,11,19,28H,9-10,12-13H2,1-2H3,(H,22,24). The van der Waals surface area contributed by atoms with Gasteiger partial charge in [0.05, 0.1) is 45.2 Å². The molecule has 0 spiro atoms. The third-order valence-electron chi connectivity index (χ3n) is 5.51. The zero-order valence-electron chi connectivity index (χ0n) is 16.9. The molecule has 9 nitrogen and oxygen atoms in total.